The Hall–Kier alpha value is -0.790. The second-order valence-electron chi connectivity index (χ2n) is 7.07. The number of ether oxygens (including phenoxy) is 2. The van der Waals surface area contributed by atoms with Gasteiger partial charge in [-0.1, -0.05) is 6.92 Å². The van der Waals surface area contributed by atoms with E-state index < -0.39 is 47.5 Å². The summed E-state index contributed by atoms with van der Waals surface area (Å²) in [5, 5.41) is 31.1. The molecule has 4 rings (SSSR count). The molecule has 0 radical (unpaired) electrons. The molecule has 2 aliphatic carbocycles. The lowest BCUT2D eigenvalue weighted by Crippen LogP contribution is -2.70. The highest BCUT2D eigenvalue weighted by Gasteiger charge is 2.83. The maximum Gasteiger partial charge on any atom is 0.187 e. The van der Waals surface area contributed by atoms with Crippen molar-refractivity contribution in [3.8, 4) is 0 Å². The average Bonchev–Trinajstić information content (AvgIpc) is 3.20. The van der Waals surface area contributed by atoms with E-state index in [1.165, 1.54) is 0 Å². The number of fused-ring (bicyclic) bond motifs is 2. The maximum absolute atomic E-state index is 12.3. The molecule has 3 N–H and O–H groups in total. The van der Waals surface area contributed by atoms with E-state index in [1.54, 1.807) is 13.0 Å². The molecule has 0 aromatic carbocycles. The van der Waals surface area contributed by atoms with E-state index in [0.717, 1.165) is 0 Å². The van der Waals surface area contributed by atoms with Gasteiger partial charge in [0, 0.05) is 5.41 Å². The molecule has 4 aliphatic rings. The van der Waals surface area contributed by atoms with Crippen molar-refractivity contribution >= 4 is 5.78 Å². The van der Waals surface area contributed by atoms with Crippen LogP contribution in [-0.2, 0) is 14.3 Å². The quantitative estimate of drug-likeness (QED) is 0.546. The molecule has 6 nitrogen and oxygen atoms in total. The number of hydrogen-bond acceptors (Lipinski definition) is 6. The van der Waals surface area contributed by atoms with Crippen LogP contribution in [0.1, 0.15) is 20.3 Å². The fourth-order valence-corrected chi connectivity index (χ4v) is 5.02. The average molecular weight is 296 g/mol. The third-order valence-electron chi connectivity index (χ3n) is 6.43. The van der Waals surface area contributed by atoms with Crippen molar-refractivity contribution in [3.05, 3.63) is 11.6 Å². The second-order valence-corrected chi connectivity index (χ2v) is 7.07. The number of ketones is 1. The standard InChI is InChI=1S/C15H20O6/c1-7-3-9-14(5-16,11(19)10(7)18)13(2)4-8(17)12(21-9)15(13)6-20-15/h3,8-9,11-12,16-17,19H,4-6H2,1-2H3/t8-,9+,11-,12-,13-,14-,15+/m1/s1. The molecular weight excluding hydrogens is 276 g/mol. The van der Waals surface area contributed by atoms with Crippen LogP contribution in [0.5, 0.6) is 0 Å². The van der Waals surface area contributed by atoms with Crippen molar-refractivity contribution in [1.29, 1.82) is 0 Å². The Labute approximate surface area is 122 Å². The minimum absolute atomic E-state index is 0.339. The molecule has 2 heterocycles. The van der Waals surface area contributed by atoms with Crippen molar-refractivity contribution in [3.63, 3.8) is 0 Å². The van der Waals surface area contributed by atoms with E-state index in [2.05, 4.69) is 0 Å². The van der Waals surface area contributed by atoms with E-state index in [4.69, 9.17) is 9.47 Å². The van der Waals surface area contributed by atoms with E-state index in [1.807, 2.05) is 6.92 Å². The zero-order valence-corrected chi connectivity index (χ0v) is 12.1. The van der Waals surface area contributed by atoms with Crippen LogP contribution in [0.3, 0.4) is 0 Å². The highest BCUT2D eigenvalue weighted by atomic mass is 16.6. The Morgan fingerprint density at radius 3 is 2.67 bits per heavy atom. The fourth-order valence-electron chi connectivity index (χ4n) is 5.02. The third kappa shape index (κ3) is 1.22. The lowest BCUT2D eigenvalue weighted by Gasteiger charge is -2.58. The zero-order chi connectivity index (χ0) is 15.2. The Kier molecular flexibility index (Phi) is 2.47. The number of carbonyl (C=O) groups excluding carboxylic acids is 1. The first kappa shape index (κ1) is 13.8. The van der Waals surface area contributed by atoms with E-state index in [0.29, 0.717) is 18.6 Å². The summed E-state index contributed by atoms with van der Waals surface area (Å²) in [6.45, 7) is 3.55. The summed E-state index contributed by atoms with van der Waals surface area (Å²) >= 11 is 0. The van der Waals surface area contributed by atoms with Crippen LogP contribution < -0.4 is 0 Å². The Morgan fingerprint density at radius 1 is 1.43 bits per heavy atom. The predicted molar refractivity (Wildman–Crippen MR) is 70.4 cm³/mol. The van der Waals surface area contributed by atoms with E-state index in [-0.39, 0.29) is 5.78 Å². The molecule has 2 saturated heterocycles. The molecular formula is C15H20O6. The first-order chi connectivity index (χ1) is 9.84. The van der Waals surface area contributed by atoms with Crippen LogP contribution in [-0.4, -0.2) is 64.3 Å². The van der Waals surface area contributed by atoms with Crippen LogP contribution in [0.25, 0.3) is 0 Å². The van der Waals surface area contributed by atoms with Gasteiger partial charge >= 0.3 is 0 Å². The molecule has 2 bridgehead atoms. The van der Waals surface area contributed by atoms with Crippen LogP contribution in [0.15, 0.2) is 11.6 Å². The molecule has 2 aliphatic heterocycles. The molecule has 116 valence electrons. The molecule has 0 aromatic heterocycles. The van der Waals surface area contributed by atoms with Gasteiger partial charge in [0.2, 0.25) is 0 Å². The number of epoxide rings is 1. The molecule has 1 saturated carbocycles. The van der Waals surface area contributed by atoms with Gasteiger partial charge in [0.05, 0.1) is 30.8 Å². The Morgan fingerprint density at radius 2 is 2.10 bits per heavy atom. The van der Waals surface area contributed by atoms with Gasteiger partial charge in [-0.3, -0.25) is 4.79 Å². The molecule has 6 heteroatoms. The van der Waals surface area contributed by atoms with E-state index >= 15 is 0 Å². The molecule has 1 spiro atoms. The molecule has 21 heavy (non-hydrogen) atoms. The number of aliphatic hydroxyl groups is 3. The summed E-state index contributed by atoms with van der Waals surface area (Å²) in [7, 11) is 0. The third-order valence-corrected chi connectivity index (χ3v) is 6.43. The van der Waals surface area contributed by atoms with Gasteiger partial charge in [0.25, 0.3) is 0 Å². The Balaban J connectivity index is 1.95. The molecule has 0 aromatic rings. The summed E-state index contributed by atoms with van der Waals surface area (Å²) in [6.07, 6.45) is -1.14. The van der Waals surface area contributed by atoms with Crippen LogP contribution in [0.2, 0.25) is 0 Å². The van der Waals surface area contributed by atoms with Crippen LogP contribution >= 0.6 is 0 Å². The van der Waals surface area contributed by atoms with Gasteiger partial charge in [-0.25, -0.2) is 0 Å². The van der Waals surface area contributed by atoms with Crippen molar-refractivity contribution in [2.75, 3.05) is 13.2 Å². The minimum Gasteiger partial charge on any atom is -0.396 e. The number of carbonyl (C=O) groups is 1. The first-order valence-corrected chi connectivity index (χ1v) is 7.33. The topological polar surface area (TPSA) is 99.5 Å². The summed E-state index contributed by atoms with van der Waals surface area (Å²) in [5.41, 5.74) is -2.16. The molecule has 0 unspecified atom stereocenters. The van der Waals surface area contributed by atoms with Crippen molar-refractivity contribution in [1.82, 2.24) is 0 Å². The number of hydrogen-bond donors (Lipinski definition) is 3. The van der Waals surface area contributed by atoms with Gasteiger partial charge < -0.3 is 24.8 Å². The Bertz CT molecular complexity index is 552. The van der Waals surface area contributed by atoms with Gasteiger partial charge in [-0.05, 0) is 25.0 Å². The normalized spacial score (nSPS) is 58.1. The second kappa shape index (κ2) is 3.75. The lowest BCUT2D eigenvalue weighted by atomic mass is 9.50. The van der Waals surface area contributed by atoms with Gasteiger partial charge in [-0.15, -0.1) is 0 Å². The summed E-state index contributed by atoms with van der Waals surface area (Å²) in [6, 6.07) is 0. The van der Waals surface area contributed by atoms with Gasteiger partial charge in [0.1, 0.15) is 17.8 Å². The van der Waals surface area contributed by atoms with Crippen molar-refractivity contribution < 1.29 is 29.6 Å². The highest BCUT2D eigenvalue weighted by molar-refractivity contribution is 6.00. The number of aliphatic hydroxyl groups excluding tert-OH is 3. The first-order valence-electron chi connectivity index (χ1n) is 7.33. The largest absolute Gasteiger partial charge is 0.396 e. The molecule has 7 atom stereocenters. The summed E-state index contributed by atoms with van der Waals surface area (Å²) in [5.74, 6) is -0.388. The predicted octanol–water partition coefficient (Wildman–Crippen LogP) is -0.838. The van der Waals surface area contributed by atoms with Gasteiger partial charge in [0.15, 0.2) is 5.78 Å². The molecule has 3 fully saturated rings. The monoisotopic (exact) mass is 296 g/mol. The minimum atomic E-state index is -1.35. The zero-order valence-electron chi connectivity index (χ0n) is 12.1. The molecule has 0 amide bonds. The highest BCUT2D eigenvalue weighted by Crippen LogP contribution is 2.70. The maximum atomic E-state index is 12.3. The van der Waals surface area contributed by atoms with E-state index in [9.17, 15) is 20.1 Å². The number of Topliss-reactive ketones (excluding diaryl/α,β-unsaturated/α-hetero) is 1. The number of rotatable bonds is 1. The van der Waals surface area contributed by atoms with Crippen molar-refractivity contribution in [2.24, 2.45) is 10.8 Å². The fraction of sp³-hybridized carbons (Fsp3) is 0.800. The lowest BCUT2D eigenvalue weighted by molar-refractivity contribution is -0.244. The SMILES string of the molecule is CC1=C[C@@H]2O[C@@H]3[C@H](O)C[C@](C)([C@@]2(CO)[C@H](O)C1=O)[C@]31CO1. The van der Waals surface area contributed by atoms with Gasteiger partial charge in [-0.2, -0.15) is 0 Å². The smallest absolute Gasteiger partial charge is 0.187 e. The summed E-state index contributed by atoms with van der Waals surface area (Å²) < 4.78 is 11.6. The summed E-state index contributed by atoms with van der Waals surface area (Å²) in [4.78, 5) is 12.3. The van der Waals surface area contributed by atoms with Crippen LogP contribution in [0, 0.1) is 10.8 Å². The van der Waals surface area contributed by atoms with Crippen LogP contribution in [0.4, 0.5) is 0 Å². The van der Waals surface area contributed by atoms with Crippen molar-refractivity contribution in [2.45, 2.75) is 50.3 Å².